The lowest BCUT2D eigenvalue weighted by Gasteiger charge is -2.16. The van der Waals surface area contributed by atoms with E-state index in [-0.39, 0.29) is 0 Å². The Balaban J connectivity index is 1.47. The topological polar surface area (TPSA) is 0 Å². The summed E-state index contributed by atoms with van der Waals surface area (Å²) in [6, 6.07) is 24.3. The van der Waals surface area contributed by atoms with Gasteiger partial charge in [0.1, 0.15) is 0 Å². The van der Waals surface area contributed by atoms with Crippen LogP contribution in [0.4, 0.5) is 0 Å². The molecule has 2 aromatic carbocycles. The zero-order valence-electron chi connectivity index (χ0n) is 13.3. The van der Waals surface area contributed by atoms with E-state index in [4.69, 9.17) is 0 Å². The van der Waals surface area contributed by atoms with Crippen LogP contribution in [0.2, 0.25) is 0 Å². The normalized spacial score (nSPS) is 15.5. The molecule has 0 amide bonds. The number of rotatable bonds is 6. The monoisotopic (exact) mass is 318 g/mol. The number of thiophene rings is 1. The molecule has 116 valence electrons. The van der Waals surface area contributed by atoms with Crippen molar-refractivity contribution in [2.75, 3.05) is 0 Å². The Morgan fingerprint density at radius 1 is 0.783 bits per heavy atom. The van der Waals surface area contributed by atoms with E-state index in [1.54, 1.807) is 4.88 Å². The Morgan fingerprint density at radius 2 is 1.52 bits per heavy atom. The molecular weight excluding hydrogens is 296 g/mol. The summed E-state index contributed by atoms with van der Waals surface area (Å²) in [4.78, 5) is 1.54. The van der Waals surface area contributed by atoms with E-state index < -0.39 is 0 Å². The molecule has 0 radical (unpaired) electrons. The lowest BCUT2D eigenvalue weighted by Crippen LogP contribution is -2.10. The third-order valence-corrected chi connectivity index (χ3v) is 5.79. The van der Waals surface area contributed by atoms with Gasteiger partial charge in [0.15, 0.2) is 0 Å². The van der Waals surface area contributed by atoms with Crippen molar-refractivity contribution in [1.29, 1.82) is 0 Å². The van der Waals surface area contributed by atoms with E-state index in [0.717, 1.165) is 11.8 Å². The van der Waals surface area contributed by atoms with Crippen molar-refractivity contribution in [2.24, 2.45) is 11.8 Å². The maximum absolute atomic E-state index is 2.33. The van der Waals surface area contributed by atoms with E-state index >= 15 is 0 Å². The lowest BCUT2D eigenvalue weighted by molar-refractivity contribution is 0.460. The molecule has 1 heterocycles. The van der Waals surface area contributed by atoms with Gasteiger partial charge in [-0.2, -0.15) is 0 Å². The maximum Gasteiger partial charge on any atom is 0.00481 e. The molecule has 0 aliphatic heterocycles. The minimum atomic E-state index is 0.816. The van der Waals surface area contributed by atoms with Crippen molar-refractivity contribution in [3.63, 3.8) is 0 Å². The third kappa shape index (κ3) is 3.73. The summed E-state index contributed by atoms with van der Waals surface area (Å²) in [5.74, 6) is 1.77. The smallest absolute Gasteiger partial charge is 0.00481 e. The van der Waals surface area contributed by atoms with Crippen molar-refractivity contribution in [1.82, 2.24) is 0 Å². The Morgan fingerprint density at radius 3 is 2.17 bits per heavy atom. The molecule has 1 aliphatic rings. The molecule has 0 spiro atoms. The zero-order valence-corrected chi connectivity index (χ0v) is 14.1. The molecule has 1 heteroatoms. The molecule has 1 aliphatic carbocycles. The maximum atomic E-state index is 2.33. The fourth-order valence-corrected chi connectivity index (χ4v) is 4.23. The van der Waals surface area contributed by atoms with Gasteiger partial charge in [-0.25, -0.2) is 0 Å². The Kier molecular flexibility index (Phi) is 4.30. The van der Waals surface area contributed by atoms with E-state index in [2.05, 4.69) is 72.1 Å². The molecule has 3 aromatic rings. The quantitative estimate of drug-likeness (QED) is 0.505. The molecule has 23 heavy (non-hydrogen) atoms. The van der Waals surface area contributed by atoms with Crippen molar-refractivity contribution in [3.8, 4) is 11.1 Å². The standard InChI is InChI=1S/C22H22S/c1-2-5-18(6-3-1)19-10-8-17(9-11-19)15-21(20-12-13-20)16-22-7-4-14-23-22/h1-11,14,20-21H,12-13,15-16H2. The number of hydrogen-bond donors (Lipinski definition) is 0. The highest BCUT2D eigenvalue weighted by Crippen LogP contribution is 2.40. The number of hydrogen-bond acceptors (Lipinski definition) is 1. The highest BCUT2D eigenvalue weighted by molar-refractivity contribution is 7.09. The molecule has 1 atom stereocenters. The first-order chi connectivity index (χ1) is 11.4. The van der Waals surface area contributed by atoms with Crippen LogP contribution in [0.5, 0.6) is 0 Å². The molecule has 0 N–H and O–H groups in total. The van der Waals surface area contributed by atoms with Gasteiger partial charge in [-0.3, -0.25) is 0 Å². The summed E-state index contributed by atoms with van der Waals surface area (Å²) in [6.07, 6.45) is 5.33. The van der Waals surface area contributed by atoms with Crippen LogP contribution in [0.3, 0.4) is 0 Å². The van der Waals surface area contributed by atoms with Crippen molar-refractivity contribution in [3.05, 3.63) is 82.6 Å². The van der Waals surface area contributed by atoms with Crippen LogP contribution < -0.4 is 0 Å². The Bertz CT molecular complexity index is 721. The fraction of sp³-hybridized carbons (Fsp3) is 0.273. The predicted octanol–water partition coefficient (Wildman–Crippen LogP) is 6.23. The van der Waals surface area contributed by atoms with Crippen molar-refractivity contribution < 1.29 is 0 Å². The number of benzene rings is 2. The second-order valence-corrected chi connectivity index (χ2v) is 7.68. The van der Waals surface area contributed by atoms with E-state index in [1.807, 2.05) is 11.3 Å². The van der Waals surface area contributed by atoms with Gasteiger partial charge in [0.2, 0.25) is 0 Å². The Hall–Kier alpha value is -1.86. The SMILES string of the molecule is c1ccc(-c2ccc(CC(Cc3cccs3)C3CC3)cc2)cc1. The minimum absolute atomic E-state index is 0.816. The van der Waals surface area contributed by atoms with Crippen LogP contribution in [0.1, 0.15) is 23.3 Å². The second kappa shape index (κ2) is 6.72. The molecule has 1 aromatic heterocycles. The third-order valence-electron chi connectivity index (χ3n) is 4.89. The van der Waals surface area contributed by atoms with Crippen LogP contribution >= 0.6 is 11.3 Å². The summed E-state index contributed by atoms with van der Waals surface area (Å²) >= 11 is 1.91. The molecule has 0 nitrogen and oxygen atoms in total. The van der Waals surface area contributed by atoms with Gasteiger partial charge < -0.3 is 0 Å². The van der Waals surface area contributed by atoms with Crippen LogP contribution in [0.15, 0.2) is 72.1 Å². The first kappa shape index (κ1) is 14.7. The molecular formula is C22H22S. The van der Waals surface area contributed by atoms with Crippen molar-refractivity contribution >= 4 is 11.3 Å². The second-order valence-electron chi connectivity index (χ2n) is 6.65. The van der Waals surface area contributed by atoms with Gasteiger partial charge in [-0.05, 0) is 65.7 Å². The summed E-state index contributed by atoms with van der Waals surface area (Å²) in [7, 11) is 0. The summed E-state index contributed by atoms with van der Waals surface area (Å²) in [5.41, 5.74) is 4.10. The van der Waals surface area contributed by atoms with E-state index in [1.165, 1.54) is 42.4 Å². The highest BCUT2D eigenvalue weighted by atomic mass is 32.1. The average Bonchev–Trinajstić information content (AvgIpc) is 3.33. The highest BCUT2D eigenvalue weighted by Gasteiger charge is 2.31. The fourth-order valence-electron chi connectivity index (χ4n) is 3.43. The van der Waals surface area contributed by atoms with Crippen LogP contribution in [0, 0.1) is 11.8 Å². The predicted molar refractivity (Wildman–Crippen MR) is 99.8 cm³/mol. The van der Waals surface area contributed by atoms with Gasteiger partial charge >= 0.3 is 0 Å². The van der Waals surface area contributed by atoms with Crippen molar-refractivity contribution in [2.45, 2.75) is 25.7 Å². The summed E-state index contributed by atoms with van der Waals surface area (Å²) in [5, 5.41) is 2.20. The lowest BCUT2D eigenvalue weighted by atomic mass is 9.90. The van der Waals surface area contributed by atoms with Gasteiger partial charge in [0.25, 0.3) is 0 Å². The first-order valence-electron chi connectivity index (χ1n) is 8.55. The summed E-state index contributed by atoms with van der Waals surface area (Å²) < 4.78 is 0. The average molecular weight is 318 g/mol. The minimum Gasteiger partial charge on any atom is -0.149 e. The molecule has 1 unspecified atom stereocenters. The first-order valence-corrected chi connectivity index (χ1v) is 9.43. The van der Waals surface area contributed by atoms with Crippen LogP contribution in [0.25, 0.3) is 11.1 Å². The largest absolute Gasteiger partial charge is 0.149 e. The molecule has 0 saturated heterocycles. The Labute approximate surface area is 142 Å². The molecule has 4 rings (SSSR count). The van der Waals surface area contributed by atoms with Crippen LogP contribution in [-0.4, -0.2) is 0 Å². The van der Waals surface area contributed by atoms with Crippen LogP contribution in [-0.2, 0) is 12.8 Å². The molecule has 1 fully saturated rings. The zero-order chi connectivity index (χ0) is 15.5. The summed E-state index contributed by atoms with van der Waals surface area (Å²) in [6.45, 7) is 0. The van der Waals surface area contributed by atoms with E-state index in [9.17, 15) is 0 Å². The van der Waals surface area contributed by atoms with Gasteiger partial charge in [0, 0.05) is 4.88 Å². The van der Waals surface area contributed by atoms with Gasteiger partial charge in [0.05, 0.1) is 0 Å². The van der Waals surface area contributed by atoms with E-state index in [0.29, 0.717) is 0 Å². The molecule has 0 bridgehead atoms. The van der Waals surface area contributed by atoms with Gasteiger partial charge in [-0.15, -0.1) is 11.3 Å². The molecule has 1 saturated carbocycles. The van der Waals surface area contributed by atoms with Gasteiger partial charge in [-0.1, -0.05) is 60.7 Å².